The minimum Gasteiger partial charge on any atom is -0.481 e. The number of hydrogen-bond donors (Lipinski definition) is 11. The summed E-state index contributed by atoms with van der Waals surface area (Å²) in [6, 6.07) is 16.5. The number of amides is 5. The fourth-order valence-electron chi connectivity index (χ4n) is 9.35. The molecule has 21 heteroatoms. The second-order valence-electron chi connectivity index (χ2n) is 19.3. The highest BCUT2D eigenvalue weighted by Gasteiger charge is 2.31. The zero-order valence-corrected chi connectivity index (χ0v) is 42.2. The Morgan fingerprint density at radius 1 is 0.608 bits per heavy atom. The van der Waals surface area contributed by atoms with E-state index in [0.717, 1.165) is 99.9 Å². The molecule has 0 aromatic heterocycles. The monoisotopic (exact) mass is 1030 g/mol. The molecule has 3 atom stereocenters. The summed E-state index contributed by atoms with van der Waals surface area (Å²) in [5, 5.41) is 59.4. The van der Waals surface area contributed by atoms with Gasteiger partial charge in [0.05, 0.1) is 6.54 Å². The van der Waals surface area contributed by atoms with E-state index in [1.807, 2.05) is 71.6 Å². The summed E-state index contributed by atoms with van der Waals surface area (Å²) in [4.78, 5) is 103. The van der Waals surface area contributed by atoms with Crippen molar-refractivity contribution in [1.29, 1.82) is 0 Å². The number of nitrogens with one attached hydrogen (secondary N) is 7. The number of urea groups is 1. The molecule has 1 aliphatic carbocycles. The highest BCUT2D eigenvalue weighted by Crippen LogP contribution is 2.29. The first kappa shape index (κ1) is 58.2. The van der Waals surface area contributed by atoms with Gasteiger partial charge in [0, 0.05) is 70.1 Å². The van der Waals surface area contributed by atoms with Gasteiger partial charge < -0.3 is 57.6 Å². The molecule has 2 aliphatic rings. The number of unbranched alkanes of at least 4 members (excludes halogenated alkanes) is 1. The smallest absolute Gasteiger partial charge is 0.326 e. The SMILES string of the molecule is O=C(O)CC[C@H](NC(=O)N[C@@H](CCCCNC(=O)[C@H](Cc1ccc2ccccc2c1)NC(=O)[C@H]1CC[C@H](CNC(=O)c2ccc(CN3CCCNCCN(CC(=O)O)CCCNCC3)cc2)CC1)C(=O)O)C(=O)O. The number of carbonyl (C=O) groups excluding carboxylic acids is 4. The van der Waals surface area contributed by atoms with Crippen LogP contribution in [-0.2, 0) is 41.7 Å². The lowest BCUT2D eigenvalue weighted by Gasteiger charge is -2.29. The quantitative estimate of drug-likeness (QED) is 0.0575. The van der Waals surface area contributed by atoms with Gasteiger partial charge in [-0.2, -0.15) is 0 Å². The molecule has 0 unspecified atom stereocenters. The minimum absolute atomic E-state index is 0.0402. The molecule has 21 nitrogen and oxygen atoms in total. The van der Waals surface area contributed by atoms with Gasteiger partial charge in [0.2, 0.25) is 11.8 Å². The van der Waals surface area contributed by atoms with Crippen molar-refractivity contribution in [3.63, 3.8) is 0 Å². The van der Waals surface area contributed by atoms with Crippen LogP contribution in [0.25, 0.3) is 10.8 Å². The predicted octanol–water partition coefficient (Wildman–Crippen LogP) is 2.62. The van der Waals surface area contributed by atoms with E-state index in [-0.39, 0.29) is 62.4 Å². The topological polar surface area (TPSA) is 308 Å². The maximum absolute atomic E-state index is 13.8. The molecule has 1 saturated heterocycles. The predicted molar refractivity (Wildman–Crippen MR) is 276 cm³/mol. The van der Waals surface area contributed by atoms with E-state index in [9.17, 15) is 53.7 Å². The largest absolute Gasteiger partial charge is 0.481 e. The van der Waals surface area contributed by atoms with E-state index < -0.39 is 60.4 Å². The second-order valence-corrected chi connectivity index (χ2v) is 19.3. The maximum Gasteiger partial charge on any atom is 0.326 e. The van der Waals surface area contributed by atoms with Crippen LogP contribution in [0, 0.1) is 11.8 Å². The van der Waals surface area contributed by atoms with Crippen molar-refractivity contribution in [1.82, 2.24) is 47.0 Å². The van der Waals surface area contributed by atoms with Crippen molar-refractivity contribution >= 4 is 58.4 Å². The molecule has 5 rings (SSSR count). The number of carbonyl (C=O) groups is 8. The summed E-state index contributed by atoms with van der Waals surface area (Å²) in [6.45, 7) is 7.83. The Morgan fingerprint density at radius 2 is 1.23 bits per heavy atom. The van der Waals surface area contributed by atoms with Crippen LogP contribution in [0.15, 0.2) is 66.7 Å². The first-order chi connectivity index (χ1) is 35.6. The van der Waals surface area contributed by atoms with E-state index in [2.05, 4.69) is 42.1 Å². The van der Waals surface area contributed by atoms with Gasteiger partial charge in [0.25, 0.3) is 5.91 Å². The normalized spacial score (nSPS) is 18.6. The van der Waals surface area contributed by atoms with Crippen molar-refractivity contribution in [3.05, 3.63) is 83.4 Å². The lowest BCUT2D eigenvalue weighted by molar-refractivity contribution is -0.141. The van der Waals surface area contributed by atoms with Crippen molar-refractivity contribution in [2.75, 3.05) is 72.0 Å². The van der Waals surface area contributed by atoms with Gasteiger partial charge in [-0.3, -0.25) is 33.8 Å². The molecule has 404 valence electrons. The minimum atomic E-state index is -1.53. The third-order valence-electron chi connectivity index (χ3n) is 13.6. The summed E-state index contributed by atoms with van der Waals surface area (Å²) < 4.78 is 0. The van der Waals surface area contributed by atoms with Crippen molar-refractivity contribution in [2.24, 2.45) is 11.8 Å². The van der Waals surface area contributed by atoms with E-state index in [4.69, 9.17) is 5.11 Å². The van der Waals surface area contributed by atoms with Crippen molar-refractivity contribution < 1.29 is 58.8 Å². The van der Waals surface area contributed by atoms with Gasteiger partial charge in [-0.05, 0) is 130 Å². The van der Waals surface area contributed by atoms with E-state index in [1.54, 1.807) is 0 Å². The van der Waals surface area contributed by atoms with Crippen LogP contribution >= 0.6 is 0 Å². The standard InChI is InChI=1S/C53H75N9O12/c63-46(64)21-20-44(52(72)73)60-53(74)59-43(51(70)71)9-3-4-24-56-50(69)45(32-38-14-15-39-7-1-2-8-42(39)31-38)58-49(68)41-16-10-36(11-17-41)33-57-48(67)40-18-12-37(13-19-40)34-61-27-5-22-55-26-30-62(35-47(65)66)28-6-23-54-25-29-61/h1-2,7-8,12-15,18-19,31,36,41,43-45,54-55H,3-6,9-11,16-17,20-30,32-35H2,(H,56,69)(H,57,67)(H,58,68)(H,63,64)(H,65,66)(H,70,71)(H,72,73)(H2,59,60,74)/t36-,41-,43-,44-,45-/m0/s1. The number of fused-ring (bicyclic) bond motifs is 1. The third-order valence-corrected chi connectivity index (χ3v) is 13.6. The highest BCUT2D eigenvalue weighted by atomic mass is 16.4. The molecule has 74 heavy (non-hydrogen) atoms. The Bertz CT molecular complexity index is 2310. The lowest BCUT2D eigenvalue weighted by Crippen LogP contribution is -2.51. The van der Waals surface area contributed by atoms with E-state index >= 15 is 0 Å². The summed E-state index contributed by atoms with van der Waals surface area (Å²) in [6.07, 6.45) is 4.32. The third kappa shape index (κ3) is 21.0. The maximum atomic E-state index is 13.8. The van der Waals surface area contributed by atoms with Gasteiger partial charge in [0.1, 0.15) is 18.1 Å². The Hall–Kier alpha value is -6.68. The van der Waals surface area contributed by atoms with Crippen molar-refractivity contribution in [3.8, 4) is 0 Å². The van der Waals surface area contributed by atoms with E-state index in [1.165, 1.54) is 0 Å². The average molecular weight is 1030 g/mol. The summed E-state index contributed by atoms with van der Waals surface area (Å²) in [5.41, 5.74) is 2.54. The molecule has 5 amide bonds. The number of nitrogens with zero attached hydrogens (tertiary/aromatic N) is 2. The van der Waals surface area contributed by atoms with E-state index in [0.29, 0.717) is 37.9 Å². The van der Waals surface area contributed by atoms with Gasteiger partial charge in [-0.1, -0.05) is 54.6 Å². The number of rotatable bonds is 24. The fourth-order valence-corrected chi connectivity index (χ4v) is 9.35. The Balaban J connectivity index is 1.06. The number of carboxylic acids is 4. The van der Waals surface area contributed by atoms with Crippen LogP contribution in [0.2, 0.25) is 0 Å². The zero-order valence-electron chi connectivity index (χ0n) is 42.2. The molecule has 3 aromatic rings. The Morgan fingerprint density at radius 3 is 1.88 bits per heavy atom. The molecular formula is C53H75N9O12. The zero-order chi connectivity index (χ0) is 53.2. The van der Waals surface area contributed by atoms with Crippen LogP contribution < -0.4 is 37.2 Å². The Kier molecular flexibility index (Phi) is 24.5. The molecule has 0 bridgehead atoms. The highest BCUT2D eigenvalue weighted by molar-refractivity contribution is 5.94. The molecule has 1 aliphatic heterocycles. The van der Waals surface area contributed by atoms with Gasteiger partial charge >= 0.3 is 29.9 Å². The van der Waals surface area contributed by atoms with Crippen LogP contribution in [0.1, 0.15) is 92.1 Å². The average Bonchev–Trinajstić information content (AvgIpc) is 3.37. The first-order valence-corrected chi connectivity index (χ1v) is 25.9. The van der Waals surface area contributed by atoms with Crippen LogP contribution in [-0.4, -0.2) is 168 Å². The fraction of sp³-hybridized carbons (Fsp3) is 0.547. The van der Waals surface area contributed by atoms with Crippen molar-refractivity contribution in [2.45, 2.75) is 102 Å². The summed E-state index contributed by atoms with van der Waals surface area (Å²) in [7, 11) is 0. The Labute approximate surface area is 431 Å². The van der Waals surface area contributed by atoms with Gasteiger partial charge in [-0.25, -0.2) is 14.4 Å². The summed E-state index contributed by atoms with van der Waals surface area (Å²) >= 11 is 0. The number of benzene rings is 3. The number of aliphatic carboxylic acids is 4. The second kappa shape index (κ2) is 31.1. The number of hydrogen-bond acceptors (Lipinski definition) is 12. The van der Waals surface area contributed by atoms with Gasteiger partial charge in [0.15, 0.2) is 0 Å². The van der Waals surface area contributed by atoms with Crippen LogP contribution in [0.3, 0.4) is 0 Å². The summed E-state index contributed by atoms with van der Waals surface area (Å²) in [5.74, 6) is -5.80. The van der Waals surface area contributed by atoms with Crippen LogP contribution in [0.5, 0.6) is 0 Å². The molecular weight excluding hydrogens is 955 g/mol. The first-order valence-electron chi connectivity index (χ1n) is 25.9. The molecule has 1 saturated carbocycles. The van der Waals surface area contributed by atoms with Crippen LogP contribution in [0.4, 0.5) is 4.79 Å². The molecule has 0 spiro atoms. The molecule has 2 fully saturated rings. The number of carboxylic acid groups (broad SMARTS) is 4. The lowest BCUT2D eigenvalue weighted by atomic mass is 9.81. The molecule has 11 N–H and O–H groups in total. The molecule has 1 heterocycles. The molecule has 0 radical (unpaired) electrons. The molecule has 3 aromatic carbocycles. The van der Waals surface area contributed by atoms with Gasteiger partial charge in [-0.15, -0.1) is 0 Å².